The molecule has 3 fully saturated rings. The molecule has 2 aliphatic heterocycles. The Kier molecular flexibility index (Phi) is 8.69. The van der Waals surface area contributed by atoms with E-state index in [1.165, 1.54) is 32.1 Å². The Morgan fingerprint density at radius 2 is 2.00 bits per heavy atom. The number of methoxy groups -OCH3 is 1. The Balaban J connectivity index is 1.53. The number of nitrogens with zero attached hydrogens (tertiary/aromatic N) is 4. The number of rotatable bonds is 8. The molecule has 1 aromatic rings. The molecule has 0 radical (unpaired) electrons. The van der Waals surface area contributed by atoms with Gasteiger partial charge in [0.2, 0.25) is 5.91 Å². The largest absolute Gasteiger partial charge is 0.383 e. The molecule has 0 spiro atoms. The molecule has 3 heterocycles. The molecule has 0 aromatic carbocycles. The molecule has 2 amide bonds. The van der Waals surface area contributed by atoms with Crippen molar-refractivity contribution in [1.29, 1.82) is 0 Å². The maximum Gasteiger partial charge on any atom is 0.256 e. The first-order valence-electron chi connectivity index (χ1n) is 12.6. The summed E-state index contributed by atoms with van der Waals surface area (Å²) in [5.74, 6) is 0.685. The Labute approximate surface area is 197 Å². The molecule has 2 atom stereocenters. The molecule has 182 valence electrons. The number of piperazine rings is 1. The SMILES string of the molecule is COCCN(CC1CCCCC1)C1CC(C(=O)N2CCNCC2)N(C(=O)c2cccnc2)C1. The number of aromatic nitrogens is 1. The van der Waals surface area contributed by atoms with Crippen molar-refractivity contribution in [2.45, 2.75) is 50.6 Å². The summed E-state index contributed by atoms with van der Waals surface area (Å²) in [5, 5.41) is 3.31. The van der Waals surface area contributed by atoms with E-state index in [1.807, 2.05) is 9.80 Å². The molecule has 1 saturated carbocycles. The number of ether oxygens (including phenoxy) is 1. The minimum absolute atomic E-state index is 0.0839. The number of amides is 2. The first kappa shape index (κ1) is 24.1. The zero-order valence-electron chi connectivity index (χ0n) is 20.0. The predicted octanol–water partition coefficient (Wildman–Crippen LogP) is 1.63. The third-order valence-electron chi connectivity index (χ3n) is 7.48. The van der Waals surface area contributed by atoms with Crippen LogP contribution in [0.3, 0.4) is 0 Å². The van der Waals surface area contributed by atoms with Gasteiger partial charge >= 0.3 is 0 Å². The lowest BCUT2D eigenvalue weighted by Crippen LogP contribution is -2.53. The van der Waals surface area contributed by atoms with Crippen LogP contribution in [0.5, 0.6) is 0 Å². The van der Waals surface area contributed by atoms with Crippen LogP contribution < -0.4 is 5.32 Å². The first-order chi connectivity index (χ1) is 16.2. The monoisotopic (exact) mass is 457 g/mol. The van der Waals surface area contributed by atoms with E-state index in [0.717, 1.165) is 26.2 Å². The van der Waals surface area contributed by atoms with E-state index in [4.69, 9.17) is 4.74 Å². The van der Waals surface area contributed by atoms with Gasteiger partial charge in [0, 0.05) is 71.4 Å². The van der Waals surface area contributed by atoms with Gasteiger partial charge in [0.1, 0.15) is 6.04 Å². The van der Waals surface area contributed by atoms with Crippen LogP contribution in [0.25, 0.3) is 0 Å². The highest BCUT2D eigenvalue weighted by molar-refractivity contribution is 5.97. The average molecular weight is 458 g/mol. The van der Waals surface area contributed by atoms with Crippen molar-refractivity contribution in [3.8, 4) is 0 Å². The van der Waals surface area contributed by atoms with Crippen molar-refractivity contribution < 1.29 is 14.3 Å². The van der Waals surface area contributed by atoms with E-state index in [9.17, 15) is 9.59 Å². The molecule has 4 rings (SSSR count). The van der Waals surface area contributed by atoms with E-state index >= 15 is 0 Å². The molecule has 1 aliphatic carbocycles. The molecule has 8 heteroatoms. The number of pyridine rings is 1. The molecule has 1 N–H and O–H groups in total. The van der Waals surface area contributed by atoms with Gasteiger partial charge in [-0.05, 0) is 37.3 Å². The zero-order valence-corrected chi connectivity index (χ0v) is 20.0. The summed E-state index contributed by atoms with van der Waals surface area (Å²) in [4.78, 5) is 37.4. The van der Waals surface area contributed by atoms with Gasteiger partial charge in [0.15, 0.2) is 0 Å². The number of likely N-dealkylation sites (tertiary alicyclic amines) is 1. The second-order valence-corrected chi connectivity index (χ2v) is 9.67. The standard InChI is InChI=1S/C25H39N5O3/c1-33-15-14-29(18-20-6-3-2-4-7-20)22-16-23(25(32)28-12-10-26-11-13-28)30(19-22)24(31)21-8-5-9-27-17-21/h5,8-9,17,20,22-23,26H,2-4,6-7,10-16,18-19H2,1H3. The van der Waals surface area contributed by atoms with Crippen LogP contribution in [0.15, 0.2) is 24.5 Å². The Hall–Kier alpha value is -2.03. The fraction of sp³-hybridized carbons (Fsp3) is 0.720. The van der Waals surface area contributed by atoms with Crippen molar-refractivity contribution in [2.24, 2.45) is 5.92 Å². The van der Waals surface area contributed by atoms with Crippen molar-refractivity contribution >= 4 is 11.8 Å². The van der Waals surface area contributed by atoms with Crippen LogP contribution in [-0.4, -0.2) is 103 Å². The maximum atomic E-state index is 13.6. The number of carbonyl (C=O) groups excluding carboxylic acids is 2. The minimum atomic E-state index is -0.419. The highest BCUT2D eigenvalue weighted by Crippen LogP contribution is 2.30. The van der Waals surface area contributed by atoms with Crippen molar-refractivity contribution in [2.75, 3.05) is 59.5 Å². The lowest BCUT2D eigenvalue weighted by atomic mass is 9.88. The van der Waals surface area contributed by atoms with E-state index in [0.29, 0.717) is 44.1 Å². The molecule has 8 nitrogen and oxygen atoms in total. The van der Waals surface area contributed by atoms with Gasteiger partial charge in [-0.3, -0.25) is 19.5 Å². The molecule has 1 aromatic heterocycles. The number of carbonyl (C=O) groups is 2. The maximum absolute atomic E-state index is 13.6. The summed E-state index contributed by atoms with van der Waals surface area (Å²) in [7, 11) is 1.74. The Bertz CT molecular complexity index is 765. The highest BCUT2D eigenvalue weighted by Gasteiger charge is 2.44. The van der Waals surface area contributed by atoms with Crippen LogP contribution in [-0.2, 0) is 9.53 Å². The van der Waals surface area contributed by atoms with Gasteiger partial charge in [-0.25, -0.2) is 0 Å². The molecule has 2 saturated heterocycles. The number of nitrogens with one attached hydrogen (secondary N) is 1. The summed E-state index contributed by atoms with van der Waals surface area (Å²) >= 11 is 0. The second kappa shape index (κ2) is 11.9. The van der Waals surface area contributed by atoms with Gasteiger partial charge in [0.25, 0.3) is 5.91 Å². The molecule has 33 heavy (non-hydrogen) atoms. The Morgan fingerprint density at radius 1 is 1.21 bits per heavy atom. The normalized spacial score (nSPS) is 24.4. The van der Waals surface area contributed by atoms with Crippen molar-refractivity contribution in [3.05, 3.63) is 30.1 Å². The minimum Gasteiger partial charge on any atom is -0.383 e. The van der Waals surface area contributed by atoms with Crippen molar-refractivity contribution in [1.82, 2.24) is 25.0 Å². The topological polar surface area (TPSA) is 78.0 Å². The molecule has 2 unspecified atom stereocenters. The predicted molar refractivity (Wildman–Crippen MR) is 127 cm³/mol. The van der Waals surface area contributed by atoms with E-state index in [-0.39, 0.29) is 17.9 Å². The smallest absolute Gasteiger partial charge is 0.256 e. The van der Waals surface area contributed by atoms with Crippen LogP contribution in [0.1, 0.15) is 48.9 Å². The summed E-state index contributed by atoms with van der Waals surface area (Å²) in [6, 6.07) is 3.32. The van der Waals surface area contributed by atoms with Gasteiger partial charge in [0.05, 0.1) is 12.2 Å². The quantitative estimate of drug-likeness (QED) is 0.639. The van der Waals surface area contributed by atoms with Crippen LogP contribution >= 0.6 is 0 Å². The van der Waals surface area contributed by atoms with Gasteiger partial charge < -0.3 is 19.9 Å². The molecule has 3 aliphatic rings. The van der Waals surface area contributed by atoms with Gasteiger partial charge in [-0.2, -0.15) is 0 Å². The zero-order chi connectivity index (χ0) is 23.0. The lowest BCUT2D eigenvalue weighted by Gasteiger charge is -2.33. The number of hydrogen-bond donors (Lipinski definition) is 1. The lowest BCUT2D eigenvalue weighted by molar-refractivity contribution is -0.135. The van der Waals surface area contributed by atoms with E-state index < -0.39 is 6.04 Å². The first-order valence-corrected chi connectivity index (χ1v) is 12.6. The molecular weight excluding hydrogens is 418 g/mol. The highest BCUT2D eigenvalue weighted by atomic mass is 16.5. The number of hydrogen-bond acceptors (Lipinski definition) is 6. The van der Waals surface area contributed by atoms with Crippen LogP contribution in [0, 0.1) is 5.92 Å². The summed E-state index contributed by atoms with van der Waals surface area (Å²) in [5.41, 5.74) is 0.548. The van der Waals surface area contributed by atoms with Crippen molar-refractivity contribution in [3.63, 3.8) is 0 Å². The fourth-order valence-corrected chi connectivity index (χ4v) is 5.62. The Morgan fingerprint density at radius 3 is 2.70 bits per heavy atom. The molecular formula is C25H39N5O3. The third-order valence-corrected chi connectivity index (χ3v) is 7.48. The third kappa shape index (κ3) is 6.11. The molecule has 0 bridgehead atoms. The summed E-state index contributed by atoms with van der Waals surface area (Å²) in [6.07, 6.45) is 10.5. The second-order valence-electron chi connectivity index (χ2n) is 9.67. The summed E-state index contributed by atoms with van der Waals surface area (Å²) < 4.78 is 5.42. The van der Waals surface area contributed by atoms with Crippen LogP contribution in [0.2, 0.25) is 0 Å². The van der Waals surface area contributed by atoms with E-state index in [1.54, 1.807) is 31.6 Å². The van der Waals surface area contributed by atoms with E-state index in [2.05, 4.69) is 15.2 Å². The summed E-state index contributed by atoms with van der Waals surface area (Å²) in [6.45, 7) is 6.11. The van der Waals surface area contributed by atoms with Crippen LogP contribution in [0.4, 0.5) is 0 Å². The fourth-order valence-electron chi connectivity index (χ4n) is 5.62. The average Bonchev–Trinajstić information content (AvgIpc) is 3.32. The van der Waals surface area contributed by atoms with Gasteiger partial charge in [-0.1, -0.05) is 19.3 Å². The van der Waals surface area contributed by atoms with Gasteiger partial charge in [-0.15, -0.1) is 0 Å².